The number of carbonyl (C=O) groups is 2. The van der Waals surface area contributed by atoms with E-state index in [1.54, 1.807) is 0 Å². The van der Waals surface area contributed by atoms with Gasteiger partial charge >= 0.3 is 5.97 Å². The van der Waals surface area contributed by atoms with E-state index in [1.165, 1.54) is 47.4 Å². The van der Waals surface area contributed by atoms with Crippen LogP contribution in [0.3, 0.4) is 0 Å². The molecule has 5 nitrogen and oxygen atoms in total. The number of hydrogen-bond donors (Lipinski definition) is 0. The van der Waals surface area contributed by atoms with E-state index in [0.717, 1.165) is 6.07 Å². The number of carbonyl (C=O) groups excluding carboxylic acids is 2. The second-order valence-corrected chi connectivity index (χ2v) is 4.99. The Morgan fingerprint density at radius 2 is 1.76 bits per heavy atom. The standard InChI is InChI=1S/C18H14F2N2O3/c19-13-6-8-14(9-7-13)22(11-3-10-21)17(23)12-25-18(24)15-4-1-2-5-16(15)20/h1-2,4-9H,3,11-12H2. The van der Waals surface area contributed by atoms with Crippen LogP contribution in [-0.4, -0.2) is 25.0 Å². The highest BCUT2D eigenvalue weighted by Crippen LogP contribution is 2.16. The van der Waals surface area contributed by atoms with Crippen LogP contribution < -0.4 is 4.90 Å². The van der Waals surface area contributed by atoms with Gasteiger partial charge < -0.3 is 9.64 Å². The van der Waals surface area contributed by atoms with Crippen LogP contribution in [0.15, 0.2) is 48.5 Å². The SMILES string of the molecule is N#CCCN(C(=O)COC(=O)c1ccccc1F)c1ccc(F)cc1. The van der Waals surface area contributed by atoms with Crippen LogP contribution in [0.4, 0.5) is 14.5 Å². The van der Waals surface area contributed by atoms with Crippen molar-refractivity contribution in [2.24, 2.45) is 0 Å². The Morgan fingerprint density at radius 3 is 2.40 bits per heavy atom. The van der Waals surface area contributed by atoms with Crippen molar-refractivity contribution < 1.29 is 23.1 Å². The van der Waals surface area contributed by atoms with Crippen molar-refractivity contribution in [3.8, 4) is 6.07 Å². The van der Waals surface area contributed by atoms with Crippen molar-refractivity contribution in [2.75, 3.05) is 18.1 Å². The highest BCUT2D eigenvalue weighted by atomic mass is 19.1. The monoisotopic (exact) mass is 344 g/mol. The lowest BCUT2D eigenvalue weighted by molar-refractivity contribution is -0.121. The minimum absolute atomic E-state index is 0.0460. The average Bonchev–Trinajstić information content (AvgIpc) is 2.61. The number of ether oxygens (including phenoxy) is 1. The van der Waals surface area contributed by atoms with Gasteiger partial charge in [0.05, 0.1) is 18.1 Å². The van der Waals surface area contributed by atoms with Crippen molar-refractivity contribution >= 4 is 17.6 Å². The Balaban J connectivity index is 2.07. The predicted molar refractivity (Wildman–Crippen MR) is 85.7 cm³/mol. The number of nitriles is 1. The van der Waals surface area contributed by atoms with Gasteiger partial charge in [-0.1, -0.05) is 12.1 Å². The average molecular weight is 344 g/mol. The number of benzene rings is 2. The van der Waals surface area contributed by atoms with Crippen LogP contribution in [0.1, 0.15) is 16.8 Å². The van der Waals surface area contributed by atoms with Crippen LogP contribution in [0.5, 0.6) is 0 Å². The molecule has 0 aliphatic heterocycles. The van der Waals surface area contributed by atoms with E-state index in [-0.39, 0.29) is 18.5 Å². The van der Waals surface area contributed by atoms with Crippen LogP contribution in [-0.2, 0) is 9.53 Å². The van der Waals surface area contributed by atoms with Crippen LogP contribution >= 0.6 is 0 Å². The zero-order valence-electron chi connectivity index (χ0n) is 13.1. The van der Waals surface area contributed by atoms with Gasteiger partial charge in [-0.05, 0) is 36.4 Å². The first-order valence-electron chi connectivity index (χ1n) is 7.37. The maximum Gasteiger partial charge on any atom is 0.341 e. The van der Waals surface area contributed by atoms with E-state index in [0.29, 0.717) is 5.69 Å². The van der Waals surface area contributed by atoms with E-state index in [2.05, 4.69) is 0 Å². The first-order chi connectivity index (χ1) is 12.0. The van der Waals surface area contributed by atoms with Gasteiger partial charge in [0, 0.05) is 12.2 Å². The first kappa shape index (κ1) is 18.1. The topological polar surface area (TPSA) is 70.4 Å². The summed E-state index contributed by atoms with van der Waals surface area (Å²) in [5.74, 6) is -2.79. The second-order valence-electron chi connectivity index (χ2n) is 4.99. The Hall–Kier alpha value is -3.27. The highest BCUT2D eigenvalue weighted by Gasteiger charge is 2.19. The summed E-state index contributed by atoms with van der Waals surface area (Å²) in [4.78, 5) is 25.4. The molecule has 0 saturated carbocycles. The molecule has 1 amide bonds. The molecular weight excluding hydrogens is 330 g/mol. The number of hydrogen-bond acceptors (Lipinski definition) is 4. The maximum absolute atomic E-state index is 13.5. The summed E-state index contributed by atoms with van der Waals surface area (Å²) in [6.07, 6.45) is 0.0460. The minimum Gasteiger partial charge on any atom is -0.452 e. The van der Waals surface area contributed by atoms with Crippen molar-refractivity contribution in [2.45, 2.75) is 6.42 Å². The van der Waals surface area contributed by atoms with Gasteiger partial charge in [-0.3, -0.25) is 4.79 Å². The third-order valence-corrected chi connectivity index (χ3v) is 3.31. The van der Waals surface area contributed by atoms with Crippen molar-refractivity contribution in [3.63, 3.8) is 0 Å². The number of anilines is 1. The number of nitrogens with zero attached hydrogens (tertiary/aromatic N) is 2. The molecule has 0 spiro atoms. The fourth-order valence-corrected chi connectivity index (χ4v) is 2.09. The molecule has 0 heterocycles. The molecule has 0 aliphatic carbocycles. The summed E-state index contributed by atoms with van der Waals surface area (Å²) >= 11 is 0. The van der Waals surface area contributed by atoms with Crippen LogP contribution in [0.2, 0.25) is 0 Å². The van der Waals surface area contributed by atoms with E-state index < -0.39 is 30.1 Å². The largest absolute Gasteiger partial charge is 0.452 e. The molecule has 128 valence electrons. The van der Waals surface area contributed by atoms with Crippen LogP contribution in [0.25, 0.3) is 0 Å². The van der Waals surface area contributed by atoms with E-state index in [9.17, 15) is 18.4 Å². The maximum atomic E-state index is 13.5. The van der Waals surface area contributed by atoms with Gasteiger partial charge in [-0.2, -0.15) is 5.26 Å². The van der Waals surface area contributed by atoms with Crippen LogP contribution in [0, 0.1) is 23.0 Å². The zero-order chi connectivity index (χ0) is 18.2. The third-order valence-electron chi connectivity index (χ3n) is 3.31. The van der Waals surface area contributed by atoms with Gasteiger partial charge in [-0.25, -0.2) is 13.6 Å². The molecule has 2 rings (SSSR count). The predicted octanol–water partition coefficient (Wildman–Crippen LogP) is 3.07. The fourth-order valence-electron chi connectivity index (χ4n) is 2.09. The zero-order valence-corrected chi connectivity index (χ0v) is 13.1. The third kappa shape index (κ3) is 4.85. The summed E-state index contributed by atoms with van der Waals surface area (Å²) in [5.41, 5.74) is 0.0873. The molecule has 0 N–H and O–H groups in total. The normalized spacial score (nSPS) is 9.96. The molecule has 2 aromatic carbocycles. The molecule has 7 heteroatoms. The van der Waals surface area contributed by atoms with Gasteiger partial charge in [0.15, 0.2) is 6.61 Å². The Labute approximate surface area is 143 Å². The summed E-state index contributed by atoms with van der Waals surface area (Å²) in [6.45, 7) is -0.575. The van der Waals surface area contributed by atoms with Crippen molar-refractivity contribution in [1.82, 2.24) is 0 Å². The number of amides is 1. The van der Waals surface area contributed by atoms with E-state index in [4.69, 9.17) is 10.00 Å². The van der Waals surface area contributed by atoms with Crippen molar-refractivity contribution in [1.29, 1.82) is 5.26 Å². The molecule has 0 saturated heterocycles. The lowest BCUT2D eigenvalue weighted by Gasteiger charge is -2.21. The molecule has 0 fully saturated rings. The Bertz CT molecular complexity index is 801. The molecule has 0 bridgehead atoms. The summed E-state index contributed by atoms with van der Waals surface area (Å²) in [6, 6.07) is 12.3. The number of esters is 1. The molecule has 2 aromatic rings. The van der Waals surface area contributed by atoms with E-state index >= 15 is 0 Å². The Kier molecular flexibility index (Phi) is 6.18. The highest BCUT2D eigenvalue weighted by molar-refractivity contribution is 5.97. The molecule has 25 heavy (non-hydrogen) atoms. The minimum atomic E-state index is -0.967. The van der Waals surface area contributed by atoms with Gasteiger partial charge in [0.2, 0.25) is 0 Å². The van der Waals surface area contributed by atoms with Gasteiger partial charge in [0.1, 0.15) is 11.6 Å². The summed E-state index contributed by atoms with van der Waals surface area (Å²) in [7, 11) is 0. The summed E-state index contributed by atoms with van der Waals surface area (Å²) in [5, 5.41) is 8.71. The van der Waals surface area contributed by atoms with Crippen molar-refractivity contribution in [3.05, 3.63) is 65.7 Å². The van der Waals surface area contributed by atoms with E-state index in [1.807, 2.05) is 6.07 Å². The molecule has 0 aliphatic rings. The number of rotatable bonds is 6. The second kappa shape index (κ2) is 8.55. The smallest absolute Gasteiger partial charge is 0.341 e. The lowest BCUT2D eigenvalue weighted by atomic mass is 10.2. The fraction of sp³-hybridized carbons (Fsp3) is 0.167. The molecule has 0 radical (unpaired) electrons. The summed E-state index contributed by atoms with van der Waals surface area (Å²) < 4.78 is 31.4. The molecule has 0 aromatic heterocycles. The molecule has 0 atom stereocenters. The quantitative estimate of drug-likeness (QED) is 0.755. The van der Waals surface area contributed by atoms with Gasteiger partial charge in [-0.15, -0.1) is 0 Å². The van der Waals surface area contributed by atoms with Gasteiger partial charge in [0.25, 0.3) is 5.91 Å². The molecule has 0 unspecified atom stereocenters. The lowest BCUT2D eigenvalue weighted by Crippen LogP contribution is -2.35. The Morgan fingerprint density at radius 1 is 1.08 bits per heavy atom. The molecular formula is C18H14F2N2O3. The number of halogens is 2. The first-order valence-corrected chi connectivity index (χ1v) is 7.37.